The smallest absolute Gasteiger partial charge is 0.0545 e. The lowest BCUT2D eigenvalue weighted by molar-refractivity contribution is 0.709. The van der Waals surface area contributed by atoms with Crippen LogP contribution < -0.4 is 5.32 Å². The van der Waals surface area contributed by atoms with Gasteiger partial charge in [-0.15, -0.1) is 11.8 Å². The van der Waals surface area contributed by atoms with Gasteiger partial charge in [0.05, 0.1) is 10.7 Å². The predicted molar refractivity (Wildman–Crippen MR) is 97.0 cm³/mol. The van der Waals surface area contributed by atoms with Gasteiger partial charge in [0.1, 0.15) is 0 Å². The Morgan fingerprint density at radius 3 is 2.77 bits per heavy atom. The topological polar surface area (TPSA) is 24.9 Å². The number of nitrogens with zero attached hydrogens (tertiary/aromatic N) is 1. The number of pyridine rings is 1. The molecule has 1 unspecified atom stereocenters. The zero-order chi connectivity index (χ0) is 14.7. The Morgan fingerprint density at radius 1 is 1.18 bits per heavy atom. The number of aromatic nitrogens is 1. The number of benzene rings is 1. The van der Waals surface area contributed by atoms with E-state index in [1.165, 1.54) is 16.0 Å². The van der Waals surface area contributed by atoms with E-state index in [1.807, 2.05) is 36.2 Å². The molecule has 0 saturated carbocycles. The van der Waals surface area contributed by atoms with Crippen molar-refractivity contribution in [1.82, 2.24) is 10.3 Å². The van der Waals surface area contributed by atoms with E-state index in [1.54, 1.807) is 0 Å². The fourth-order valence-electron chi connectivity index (χ4n) is 2.69. The number of halogens is 1. The molecule has 1 aromatic heterocycles. The first kappa shape index (κ1) is 17.3. The Labute approximate surface area is 142 Å². The normalized spacial score (nSPS) is 15.4. The van der Waals surface area contributed by atoms with Crippen molar-refractivity contribution < 1.29 is 0 Å². The van der Waals surface area contributed by atoms with Crippen molar-refractivity contribution in [2.24, 2.45) is 0 Å². The maximum atomic E-state index is 6.48. The van der Waals surface area contributed by atoms with Gasteiger partial charge in [-0.25, -0.2) is 0 Å². The highest BCUT2D eigenvalue weighted by molar-refractivity contribution is 7.99. The summed E-state index contributed by atoms with van der Waals surface area (Å²) in [6.45, 7) is 4.27. The van der Waals surface area contributed by atoms with Crippen molar-refractivity contribution in [3.05, 3.63) is 58.4 Å². The van der Waals surface area contributed by atoms with Gasteiger partial charge in [-0.3, -0.25) is 4.98 Å². The van der Waals surface area contributed by atoms with Gasteiger partial charge in [0.15, 0.2) is 0 Å². The summed E-state index contributed by atoms with van der Waals surface area (Å²) in [7, 11) is 0. The first-order valence-corrected chi connectivity index (χ1v) is 8.60. The van der Waals surface area contributed by atoms with Crippen LogP contribution in [0.25, 0.3) is 0 Å². The van der Waals surface area contributed by atoms with Gasteiger partial charge in [0.25, 0.3) is 0 Å². The lowest BCUT2D eigenvalue weighted by atomic mass is 10.0. The molecule has 4 heteroatoms. The third-order valence-electron chi connectivity index (χ3n) is 3.83. The third kappa shape index (κ3) is 3.83. The van der Waals surface area contributed by atoms with E-state index in [0.717, 1.165) is 36.6 Å². The van der Waals surface area contributed by atoms with Gasteiger partial charge < -0.3 is 5.32 Å². The lowest BCUT2D eigenvalue weighted by Gasteiger charge is -2.17. The maximum absolute atomic E-state index is 6.48. The van der Waals surface area contributed by atoms with Crippen LogP contribution in [0.5, 0.6) is 0 Å². The van der Waals surface area contributed by atoms with Crippen LogP contribution in [0.1, 0.15) is 36.4 Å². The van der Waals surface area contributed by atoms with Gasteiger partial charge in [-0.1, -0.05) is 31.2 Å². The second kappa shape index (κ2) is 8.00. The van der Waals surface area contributed by atoms with Gasteiger partial charge in [-0.2, -0.15) is 0 Å². The fraction of sp³-hybridized carbons (Fsp3) is 0.389. The van der Waals surface area contributed by atoms with Gasteiger partial charge in [-0.05, 0) is 62.2 Å². The van der Waals surface area contributed by atoms with E-state index in [4.69, 9.17) is 11.6 Å². The number of nitrogens with one attached hydrogen (secondary N) is 1. The molecule has 2 nitrogen and oxygen atoms in total. The molecule has 0 radical (unpaired) electrons. The Hall–Kier alpha value is -1.03. The Kier molecular flexibility index (Phi) is 6.30. The van der Waals surface area contributed by atoms with Crippen molar-refractivity contribution in [3.63, 3.8) is 0 Å². The van der Waals surface area contributed by atoms with Crippen LogP contribution in [-0.2, 0) is 12.8 Å². The van der Waals surface area contributed by atoms with Crippen LogP contribution in [0, 0.1) is 0 Å². The number of rotatable bonds is 3. The van der Waals surface area contributed by atoms with E-state index < -0.39 is 0 Å². The minimum absolute atomic E-state index is 0. The molecule has 0 amide bonds. The monoisotopic (exact) mass is 334 g/mol. The first-order chi connectivity index (χ1) is 10.3. The maximum Gasteiger partial charge on any atom is 0.0545 e. The van der Waals surface area contributed by atoms with Gasteiger partial charge in [0.2, 0.25) is 0 Å². The van der Waals surface area contributed by atoms with Crippen molar-refractivity contribution in [1.29, 1.82) is 0 Å². The standard InChI is InChI=1S/C17H19ClN2S.CH4/c1-12(16-4-2-3-9-20-16)21-17-14-8-11-19-10-7-13(14)5-6-15(17)18;/h2-6,9,12,19H,7-8,10-11H2,1H3;1H4. The summed E-state index contributed by atoms with van der Waals surface area (Å²) in [5.74, 6) is 0. The quantitative estimate of drug-likeness (QED) is 0.807. The molecule has 1 aliphatic heterocycles. The SMILES string of the molecule is C.CC(Sc1c(Cl)ccc2c1CCNCC2)c1ccccn1. The summed E-state index contributed by atoms with van der Waals surface area (Å²) >= 11 is 8.31. The molecule has 1 N–H and O–H groups in total. The fourth-order valence-corrected chi connectivity index (χ4v) is 4.17. The van der Waals surface area contributed by atoms with Crippen molar-refractivity contribution in [2.45, 2.75) is 37.3 Å². The van der Waals surface area contributed by atoms with Crippen molar-refractivity contribution >= 4 is 23.4 Å². The number of thioether (sulfide) groups is 1. The van der Waals surface area contributed by atoms with Crippen LogP contribution >= 0.6 is 23.4 Å². The molecule has 1 aromatic carbocycles. The molecule has 118 valence electrons. The van der Waals surface area contributed by atoms with Crippen LogP contribution in [0.2, 0.25) is 5.02 Å². The van der Waals surface area contributed by atoms with E-state index >= 15 is 0 Å². The molecule has 0 fully saturated rings. The zero-order valence-corrected chi connectivity index (χ0v) is 13.7. The molecule has 22 heavy (non-hydrogen) atoms. The molecule has 2 aromatic rings. The lowest BCUT2D eigenvalue weighted by Crippen LogP contribution is -2.16. The summed E-state index contributed by atoms with van der Waals surface area (Å²) < 4.78 is 0. The number of hydrogen-bond donors (Lipinski definition) is 1. The van der Waals surface area contributed by atoms with E-state index in [2.05, 4.69) is 29.4 Å². The molecule has 0 aliphatic carbocycles. The van der Waals surface area contributed by atoms with Crippen molar-refractivity contribution in [2.75, 3.05) is 13.1 Å². The average Bonchev–Trinajstić information content (AvgIpc) is 2.76. The van der Waals surface area contributed by atoms with Gasteiger partial charge >= 0.3 is 0 Å². The minimum atomic E-state index is 0. The highest BCUT2D eigenvalue weighted by Gasteiger charge is 2.18. The molecule has 0 spiro atoms. The summed E-state index contributed by atoms with van der Waals surface area (Å²) in [5, 5.41) is 4.62. The molecule has 1 atom stereocenters. The summed E-state index contributed by atoms with van der Waals surface area (Å²) in [6.07, 6.45) is 3.98. The summed E-state index contributed by atoms with van der Waals surface area (Å²) in [6, 6.07) is 10.3. The third-order valence-corrected chi connectivity index (χ3v) is 5.56. The number of fused-ring (bicyclic) bond motifs is 1. The number of hydrogen-bond acceptors (Lipinski definition) is 3. The van der Waals surface area contributed by atoms with E-state index in [-0.39, 0.29) is 7.43 Å². The molecular formula is C18H23ClN2S. The second-order valence-corrected chi connectivity index (χ2v) is 7.04. The van der Waals surface area contributed by atoms with Crippen LogP contribution in [-0.4, -0.2) is 18.1 Å². The largest absolute Gasteiger partial charge is 0.316 e. The van der Waals surface area contributed by atoms with Crippen LogP contribution in [0.3, 0.4) is 0 Å². The van der Waals surface area contributed by atoms with Crippen molar-refractivity contribution in [3.8, 4) is 0 Å². The van der Waals surface area contributed by atoms with Gasteiger partial charge in [0, 0.05) is 16.3 Å². The zero-order valence-electron chi connectivity index (χ0n) is 12.1. The Balaban J connectivity index is 0.00000176. The van der Waals surface area contributed by atoms with E-state index in [9.17, 15) is 0 Å². The Morgan fingerprint density at radius 2 is 2.00 bits per heavy atom. The molecule has 0 bridgehead atoms. The highest BCUT2D eigenvalue weighted by Crippen LogP contribution is 2.41. The van der Waals surface area contributed by atoms with Crippen LogP contribution in [0.4, 0.5) is 0 Å². The van der Waals surface area contributed by atoms with E-state index in [0.29, 0.717) is 5.25 Å². The van der Waals surface area contributed by atoms with Crippen LogP contribution in [0.15, 0.2) is 41.4 Å². The minimum Gasteiger partial charge on any atom is -0.316 e. The predicted octanol–water partition coefficient (Wildman–Crippen LogP) is 4.91. The molecular weight excluding hydrogens is 312 g/mol. The molecule has 0 saturated heterocycles. The summed E-state index contributed by atoms with van der Waals surface area (Å²) in [5.41, 5.74) is 3.95. The molecule has 3 rings (SSSR count). The highest BCUT2D eigenvalue weighted by atomic mass is 35.5. The summed E-state index contributed by atoms with van der Waals surface area (Å²) in [4.78, 5) is 5.69. The Bertz CT molecular complexity index is 616. The first-order valence-electron chi connectivity index (χ1n) is 7.34. The average molecular weight is 335 g/mol. The molecule has 2 heterocycles. The molecule has 1 aliphatic rings. The second-order valence-electron chi connectivity index (χ2n) is 5.28.